The predicted molar refractivity (Wildman–Crippen MR) is 89.8 cm³/mol. The van der Waals surface area contributed by atoms with Crippen LogP contribution in [0.3, 0.4) is 0 Å². The Hall–Kier alpha value is -2.76. The molecule has 0 spiro atoms. The van der Waals surface area contributed by atoms with E-state index < -0.39 is 5.95 Å². The van der Waals surface area contributed by atoms with Gasteiger partial charge in [0.05, 0.1) is 17.7 Å². The number of hydrogen-bond donors (Lipinski definition) is 0. The number of halogens is 1. The highest BCUT2D eigenvalue weighted by Gasteiger charge is 2.20. The molecule has 124 valence electrons. The smallest absolute Gasteiger partial charge is 0.212 e. The SMILES string of the molecule is CCOc1c(C=O)n(C)c2nc(CC)c(-c3ccc(F)nc3)cc12. The lowest BCUT2D eigenvalue weighted by atomic mass is 10.0. The molecule has 0 radical (unpaired) electrons. The Morgan fingerprint density at radius 3 is 2.71 bits per heavy atom. The summed E-state index contributed by atoms with van der Waals surface area (Å²) in [4.78, 5) is 19.9. The summed E-state index contributed by atoms with van der Waals surface area (Å²) in [5.41, 5.74) is 3.65. The van der Waals surface area contributed by atoms with Crippen LogP contribution in [-0.4, -0.2) is 27.4 Å². The molecule has 3 aromatic rings. The highest BCUT2D eigenvalue weighted by Crippen LogP contribution is 2.35. The van der Waals surface area contributed by atoms with Gasteiger partial charge in [-0.25, -0.2) is 9.97 Å². The van der Waals surface area contributed by atoms with Gasteiger partial charge in [-0.05, 0) is 31.5 Å². The van der Waals surface area contributed by atoms with Crippen LogP contribution in [0.15, 0.2) is 24.4 Å². The van der Waals surface area contributed by atoms with Crippen LogP contribution >= 0.6 is 0 Å². The van der Waals surface area contributed by atoms with E-state index in [2.05, 4.69) is 4.98 Å². The molecule has 0 saturated carbocycles. The molecule has 3 aromatic heterocycles. The third kappa shape index (κ3) is 2.54. The van der Waals surface area contributed by atoms with E-state index in [1.165, 1.54) is 12.3 Å². The van der Waals surface area contributed by atoms with Crippen LogP contribution in [-0.2, 0) is 13.5 Å². The van der Waals surface area contributed by atoms with Crippen molar-refractivity contribution in [3.63, 3.8) is 0 Å². The lowest BCUT2D eigenvalue weighted by molar-refractivity contribution is 0.111. The van der Waals surface area contributed by atoms with Gasteiger partial charge < -0.3 is 9.30 Å². The predicted octanol–water partition coefficient (Wildman–Crippen LogP) is 3.55. The van der Waals surface area contributed by atoms with Gasteiger partial charge in [-0.2, -0.15) is 4.39 Å². The average Bonchev–Trinajstić information content (AvgIpc) is 2.86. The molecule has 0 unspecified atom stereocenters. The zero-order chi connectivity index (χ0) is 17.3. The average molecular weight is 327 g/mol. The zero-order valence-electron chi connectivity index (χ0n) is 13.8. The first-order valence-electron chi connectivity index (χ1n) is 7.82. The Labute approximate surface area is 139 Å². The topological polar surface area (TPSA) is 57.0 Å². The van der Waals surface area contributed by atoms with Gasteiger partial charge in [0, 0.05) is 24.4 Å². The van der Waals surface area contributed by atoms with Gasteiger partial charge in [0.15, 0.2) is 12.0 Å². The maximum atomic E-state index is 13.1. The van der Waals surface area contributed by atoms with Crippen LogP contribution in [0.2, 0.25) is 0 Å². The fourth-order valence-corrected chi connectivity index (χ4v) is 2.85. The normalized spacial score (nSPS) is 11.0. The minimum atomic E-state index is -0.524. The number of ether oxygens (including phenoxy) is 1. The highest BCUT2D eigenvalue weighted by atomic mass is 19.1. The maximum absolute atomic E-state index is 13.1. The molecule has 0 fully saturated rings. The monoisotopic (exact) mass is 327 g/mol. The third-order valence-corrected chi connectivity index (χ3v) is 4.01. The summed E-state index contributed by atoms with van der Waals surface area (Å²) in [6.07, 6.45) is 2.97. The van der Waals surface area contributed by atoms with Gasteiger partial charge >= 0.3 is 0 Å². The van der Waals surface area contributed by atoms with Crippen molar-refractivity contribution >= 4 is 17.3 Å². The fourth-order valence-electron chi connectivity index (χ4n) is 2.85. The second-order valence-electron chi connectivity index (χ2n) is 5.40. The van der Waals surface area contributed by atoms with E-state index in [1.54, 1.807) is 17.7 Å². The van der Waals surface area contributed by atoms with E-state index in [9.17, 15) is 9.18 Å². The molecule has 0 bridgehead atoms. The summed E-state index contributed by atoms with van der Waals surface area (Å²) in [5, 5.41) is 0.762. The summed E-state index contributed by atoms with van der Waals surface area (Å²) in [5.74, 6) is 0.000247. The molecule has 3 heterocycles. The van der Waals surface area contributed by atoms with Gasteiger partial charge in [0.2, 0.25) is 5.95 Å². The molecule has 0 amide bonds. The molecular weight excluding hydrogens is 309 g/mol. The summed E-state index contributed by atoms with van der Waals surface area (Å²) < 4.78 is 20.5. The summed E-state index contributed by atoms with van der Waals surface area (Å²) in [6, 6.07) is 4.94. The van der Waals surface area contributed by atoms with Crippen LogP contribution in [0.1, 0.15) is 30.0 Å². The summed E-state index contributed by atoms with van der Waals surface area (Å²) in [7, 11) is 1.79. The Balaban J connectivity index is 2.32. The molecule has 24 heavy (non-hydrogen) atoms. The third-order valence-electron chi connectivity index (χ3n) is 4.01. The van der Waals surface area contributed by atoms with Crippen LogP contribution < -0.4 is 4.74 Å². The van der Waals surface area contributed by atoms with E-state index in [-0.39, 0.29) is 0 Å². The number of pyridine rings is 2. The van der Waals surface area contributed by atoms with Gasteiger partial charge in [-0.3, -0.25) is 4.79 Å². The van der Waals surface area contributed by atoms with E-state index in [1.807, 2.05) is 19.9 Å². The number of hydrogen-bond acceptors (Lipinski definition) is 4. The first-order valence-corrected chi connectivity index (χ1v) is 7.82. The second kappa shape index (κ2) is 6.39. The number of aryl methyl sites for hydroxylation is 2. The molecular formula is C18H18FN3O2. The van der Waals surface area contributed by atoms with Crippen molar-refractivity contribution in [3.8, 4) is 16.9 Å². The minimum absolute atomic E-state index is 0.447. The first-order chi connectivity index (χ1) is 11.6. The molecule has 0 aliphatic heterocycles. The Bertz CT molecular complexity index is 901. The number of fused-ring (bicyclic) bond motifs is 1. The van der Waals surface area contributed by atoms with Gasteiger partial charge in [0.25, 0.3) is 0 Å². The molecule has 0 aromatic carbocycles. The largest absolute Gasteiger partial charge is 0.491 e. The number of carbonyl (C=O) groups excluding carboxylic acids is 1. The lowest BCUT2D eigenvalue weighted by Gasteiger charge is -2.09. The van der Waals surface area contributed by atoms with Crippen molar-refractivity contribution in [2.45, 2.75) is 20.3 Å². The van der Waals surface area contributed by atoms with Gasteiger partial charge in [-0.15, -0.1) is 0 Å². The second-order valence-corrected chi connectivity index (χ2v) is 5.40. The molecule has 0 N–H and O–H groups in total. The molecule has 0 aliphatic carbocycles. The molecule has 3 rings (SSSR count). The Morgan fingerprint density at radius 1 is 1.33 bits per heavy atom. The van der Waals surface area contributed by atoms with Crippen molar-refractivity contribution in [2.24, 2.45) is 7.05 Å². The molecule has 5 nitrogen and oxygen atoms in total. The van der Waals surface area contributed by atoms with E-state index in [0.29, 0.717) is 30.1 Å². The number of nitrogens with zero attached hydrogens (tertiary/aromatic N) is 3. The van der Waals surface area contributed by atoms with Gasteiger partial charge in [0.1, 0.15) is 11.3 Å². The number of carbonyl (C=O) groups is 1. The van der Waals surface area contributed by atoms with E-state index in [0.717, 1.165) is 28.5 Å². The molecule has 0 saturated heterocycles. The van der Waals surface area contributed by atoms with Crippen molar-refractivity contribution in [1.82, 2.24) is 14.5 Å². The highest BCUT2D eigenvalue weighted by molar-refractivity contribution is 5.96. The van der Waals surface area contributed by atoms with Crippen molar-refractivity contribution in [1.29, 1.82) is 0 Å². The molecule has 6 heteroatoms. The summed E-state index contributed by atoms with van der Waals surface area (Å²) >= 11 is 0. The van der Waals surface area contributed by atoms with Crippen molar-refractivity contribution < 1.29 is 13.9 Å². The number of aldehydes is 1. The van der Waals surface area contributed by atoms with Crippen LogP contribution in [0.25, 0.3) is 22.2 Å². The van der Waals surface area contributed by atoms with E-state index in [4.69, 9.17) is 9.72 Å². The standard InChI is InChI=1S/C18H18FN3O2/c1-4-14-12(11-6-7-16(19)20-9-11)8-13-17(24-5-2)15(10-23)22(3)18(13)21-14/h6-10H,4-5H2,1-3H3. The zero-order valence-corrected chi connectivity index (χ0v) is 13.8. The Kier molecular flexibility index (Phi) is 4.29. The van der Waals surface area contributed by atoms with Crippen molar-refractivity contribution in [2.75, 3.05) is 6.61 Å². The number of aromatic nitrogens is 3. The number of rotatable bonds is 5. The van der Waals surface area contributed by atoms with Gasteiger partial charge in [-0.1, -0.05) is 6.92 Å². The van der Waals surface area contributed by atoms with E-state index >= 15 is 0 Å². The van der Waals surface area contributed by atoms with Crippen LogP contribution in [0, 0.1) is 5.95 Å². The van der Waals surface area contributed by atoms with Crippen molar-refractivity contribution in [3.05, 3.63) is 41.7 Å². The fraction of sp³-hybridized carbons (Fsp3) is 0.278. The molecule has 0 atom stereocenters. The summed E-state index contributed by atoms with van der Waals surface area (Å²) in [6.45, 7) is 4.32. The lowest BCUT2D eigenvalue weighted by Crippen LogP contribution is -1.99. The molecule has 0 aliphatic rings. The Morgan fingerprint density at radius 2 is 2.12 bits per heavy atom. The minimum Gasteiger partial charge on any atom is -0.491 e. The van der Waals surface area contributed by atoms with Crippen LogP contribution in [0.4, 0.5) is 4.39 Å². The maximum Gasteiger partial charge on any atom is 0.212 e. The first kappa shape index (κ1) is 16.1. The quantitative estimate of drug-likeness (QED) is 0.531. The van der Waals surface area contributed by atoms with Crippen LogP contribution in [0.5, 0.6) is 5.75 Å².